The molecule has 0 amide bonds. The fourth-order valence-corrected chi connectivity index (χ4v) is 4.20. The lowest BCUT2D eigenvalue weighted by Gasteiger charge is -2.42. The van der Waals surface area contributed by atoms with Gasteiger partial charge in [-0.05, 0) is 19.3 Å². The van der Waals surface area contributed by atoms with Crippen LogP contribution in [0.5, 0.6) is 0 Å². The smallest absolute Gasteiger partial charge is 0.0510 e. The van der Waals surface area contributed by atoms with Crippen LogP contribution in [0.4, 0.5) is 0 Å². The van der Waals surface area contributed by atoms with Gasteiger partial charge < -0.3 is 10.5 Å². The third kappa shape index (κ3) is 3.13. The molecule has 0 spiro atoms. The summed E-state index contributed by atoms with van der Waals surface area (Å²) >= 11 is 0. The molecule has 0 aromatic carbocycles. The van der Waals surface area contributed by atoms with Gasteiger partial charge in [-0.3, -0.25) is 9.80 Å². The molecule has 4 nitrogen and oxygen atoms in total. The molecule has 1 aliphatic carbocycles. The Morgan fingerprint density at radius 1 is 1.05 bits per heavy atom. The Morgan fingerprint density at radius 2 is 1.79 bits per heavy atom. The SMILES string of the molecule is NCC(C1CCOC1)N1CCN(C2CCCC2)CC1. The third-order valence-corrected chi connectivity index (χ3v) is 5.41. The van der Waals surface area contributed by atoms with E-state index in [2.05, 4.69) is 9.80 Å². The van der Waals surface area contributed by atoms with Gasteiger partial charge in [-0.2, -0.15) is 0 Å². The van der Waals surface area contributed by atoms with E-state index in [0.717, 1.165) is 25.8 Å². The Hall–Kier alpha value is -0.160. The number of piperazine rings is 1. The Bertz CT molecular complexity index is 267. The van der Waals surface area contributed by atoms with Crippen LogP contribution in [-0.2, 0) is 4.74 Å². The van der Waals surface area contributed by atoms with Crippen molar-refractivity contribution >= 4 is 0 Å². The van der Waals surface area contributed by atoms with Crippen LogP contribution in [0.3, 0.4) is 0 Å². The molecule has 0 bridgehead atoms. The summed E-state index contributed by atoms with van der Waals surface area (Å²) in [6.45, 7) is 7.54. The maximum atomic E-state index is 6.03. The van der Waals surface area contributed by atoms with Crippen LogP contribution in [0.25, 0.3) is 0 Å². The molecule has 0 aromatic heterocycles. The Morgan fingerprint density at radius 3 is 2.37 bits per heavy atom. The monoisotopic (exact) mass is 267 g/mol. The van der Waals surface area contributed by atoms with Crippen molar-refractivity contribution in [1.29, 1.82) is 0 Å². The van der Waals surface area contributed by atoms with Gasteiger partial charge in [0.2, 0.25) is 0 Å². The van der Waals surface area contributed by atoms with Gasteiger partial charge in [0.05, 0.1) is 6.61 Å². The lowest BCUT2D eigenvalue weighted by Crippen LogP contribution is -2.56. The fourth-order valence-electron chi connectivity index (χ4n) is 4.20. The van der Waals surface area contributed by atoms with Gasteiger partial charge in [-0.25, -0.2) is 0 Å². The van der Waals surface area contributed by atoms with Crippen LogP contribution in [0.2, 0.25) is 0 Å². The van der Waals surface area contributed by atoms with E-state index in [1.54, 1.807) is 0 Å². The van der Waals surface area contributed by atoms with Gasteiger partial charge in [-0.15, -0.1) is 0 Å². The average Bonchev–Trinajstić information content (AvgIpc) is 3.14. The van der Waals surface area contributed by atoms with E-state index in [1.807, 2.05) is 0 Å². The standard InChI is InChI=1S/C15H29N3O/c16-11-15(13-5-10-19-12-13)18-8-6-17(7-9-18)14-3-1-2-4-14/h13-15H,1-12,16H2. The van der Waals surface area contributed by atoms with Crippen LogP contribution >= 0.6 is 0 Å². The molecule has 4 heteroatoms. The maximum absolute atomic E-state index is 6.03. The molecule has 2 atom stereocenters. The van der Waals surface area contributed by atoms with Gasteiger partial charge in [0.25, 0.3) is 0 Å². The molecule has 0 aromatic rings. The third-order valence-electron chi connectivity index (χ3n) is 5.41. The van der Waals surface area contributed by atoms with E-state index in [4.69, 9.17) is 10.5 Å². The van der Waals surface area contributed by atoms with Crippen LogP contribution < -0.4 is 5.73 Å². The molecule has 2 aliphatic heterocycles. The van der Waals surface area contributed by atoms with Crippen LogP contribution in [0, 0.1) is 5.92 Å². The summed E-state index contributed by atoms with van der Waals surface area (Å²) in [5.41, 5.74) is 6.03. The highest BCUT2D eigenvalue weighted by molar-refractivity contribution is 4.88. The van der Waals surface area contributed by atoms with E-state index >= 15 is 0 Å². The summed E-state index contributed by atoms with van der Waals surface area (Å²) in [5, 5.41) is 0. The molecule has 1 saturated carbocycles. The van der Waals surface area contributed by atoms with Crippen molar-refractivity contribution in [3.63, 3.8) is 0 Å². The van der Waals surface area contributed by atoms with Gasteiger partial charge >= 0.3 is 0 Å². The second-order valence-electron chi connectivity index (χ2n) is 6.44. The molecule has 0 radical (unpaired) electrons. The van der Waals surface area contributed by atoms with Crippen molar-refractivity contribution in [3.8, 4) is 0 Å². The predicted molar refractivity (Wildman–Crippen MR) is 77.2 cm³/mol. The Kier molecular flexibility index (Phi) is 4.74. The minimum Gasteiger partial charge on any atom is -0.381 e. The van der Waals surface area contributed by atoms with Crippen molar-refractivity contribution in [2.75, 3.05) is 45.9 Å². The fraction of sp³-hybridized carbons (Fsp3) is 1.00. The quantitative estimate of drug-likeness (QED) is 0.822. The number of nitrogens with zero attached hydrogens (tertiary/aromatic N) is 2. The molecular weight excluding hydrogens is 238 g/mol. The minimum atomic E-state index is 0.549. The van der Waals surface area contributed by atoms with Gasteiger partial charge in [0, 0.05) is 57.3 Å². The normalized spacial score (nSPS) is 33.0. The van der Waals surface area contributed by atoms with Crippen molar-refractivity contribution in [3.05, 3.63) is 0 Å². The highest BCUT2D eigenvalue weighted by Gasteiger charge is 2.33. The van der Waals surface area contributed by atoms with Crippen LogP contribution in [-0.4, -0.2) is 67.8 Å². The molecule has 2 heterocycles. The Balaban J connectivity index is 1.50. The number of nitrogens with two attached hydrogens (primary N) is 1. The summed E-state index contributed by atoms with van der Waals surface area (Å²) in [4.78, 5) is 5.35. The van der Waals surface area contributed by atoms with E-state index in [1.165, 1.54) is 58.3 Å². The summed E-state index contributed by atoms with van der Waals surface area (Å²) in [7, 11) is 0. The summed E-state index contributed by atoms with van der Waals surface area (Å²) in [5.74, 6) is 0.669. The first kappa shape index (κ1) is 13.8. The van der Waals surface area contributed by atoms with Crippen molar-refractivity contribution in [2.24, 2.45) is 11.7 Å². The first-order chi connectivity index (χ1) is 9.38. The predicted octanol–water partition coefficient (Wildman–Crippen LogP) is 0.910. The number of hydrogen-bond donors (Lipinski definition) is 1. The summed E-state index contributed by atoms with van der Waals surface area (Å²) < 4.78 is 5.54. The van der Waals surface area contributed by atoms with E-state index in [9.17, 15) is 0 Å². The summed E-state index contributed by atoms with van der Waals surface area (Å²) in [6.07, 6.45) is 6.93. The van der Waals surface area contributed by atoms with E-state index in [-0.39, 0.29) is 0 Å². The second kappa shape index (κ2) is 6.53. The van der Waals surface area contributed by atoms with Gasteiger partial charge in [0.15, 0.2) is 0 Å². The zero-order valence-electron chi connectivity index (χ0n) is 12.1. The van der Waals surface area contributed by atoms with E-state index < -0.39 is 0 Å². The average molecular weight is 267 g/mol. The maximum Gasteiger partial charge on any atom is 0.0510 e. The zero-order valence-corrected chi connectivity index (χ0v) is 12.1. The number of hydrogen-bond acceptors (Lipinski definition) is 4. The highest BCUT2D eigenvalue weighted by Crippen LogP contribution is 2.26. The van der Waals surface area contributed by atoms with Gasteiger partial charge in [0.1, 0.15) is 0 Å². The summed E-state index contributed by atoms with van der Waals surface area (Å²) in [6, 6.07) is 1.43. The number of ether oxygens (including phenoxy) is 1. The van der Waals surface area contributed by atoms with Crippen LogP contribution in [0.15, 0.2) is 0 Å². The largest absolute Gasteiger partial charge is 0.381 e. The second-order valence-corrected chi connectivity index (χ2v) is 6.44. The van der Waals surface area contributed by atoms with Crippen molar-refractivity contribution in [1.82, 2.24) is 9.80 Å². The molecule has 3 rings (SSSR count). The first-order valence-corrected chi connectivity index (χ1v) is 8.14. The molecule has 19 heavy (non-hydrogen) atoms. The molecule has 2 N–H and O–H groups in total. The highest BCUT2D eigenvalue weighted by atomic mass is 16.5. The number of rotatable bonds is 4. The van der Waals surface area contributed by atoms with Gasteiger partial charge in [-0.1, -0.05) is 12.8 Å². The molecular formula is C15H29N3O. The zero-order chi connectivity index (χ0) is 13.1. The lowest BCUT2D eigenvalue weighted by atomic mass is 9.96. The molecule has 2 unspecified atom stereocenters. The lowest BCUT2D eigenvalue weighted by molar-refractivity contribution is 0.0492. The molecule has 2 saturated heterocycles. The molecule has 3 fully saturated rings. The van der Waals surface area contributed by atoms with Crippen molar-refractivity contribution < 1.29 is 4.74 Å². The van der Waals surface area contributed by atoms with E-state index in [0.29, 0.717) is 12.0 Å². The topological polar surface area (TPSA) is 41.7 Å². The molecule has 110 valence electrons. The Labute approximate surface area is 117 Å². The minimum absolute atomic E-state index is 0.549. The first-order valence-electron chi connectivity index (χ1n) is 8.14. The van der Waals surface area contributed by atoms with Crippen molar-refractivity contribution in [2.45, 2.75) is 44.2 Å². The van der Waals surface area contributed by atoms with Crippen LogP contribution in [0.1, 0.15) is 32.1 Å². The molecule has 3 aliphatic rings.